The minimum Gasteiger partial charge on any atom is -0.494 e. The number of halogens is 1. The van der Waals surface area contributed by atoms with E-state index in [1.54, 1.807) is 36.4 Å². The molecule has 0 radical (unpaired) electrons. The van der Waals surface area contributed by atoms with Crippen LogP contribution in [0.1, 0.15) is 47.2 Å². The van der Waals surface area contributed by atoms with Crippen molar-refractivity contribution in [3.05, 3.63) is 99.3 Å². The first kappa shape index (κ1) is 23.4. The van der Waals surface area contributed by atoms with Gasteiger partial charge >= 0.3 is 5.97 Å². The molecule has 0 aromatic heterocycles. The molecule has 0 spiro atoms. The Bertz CT molecular complexity index is 1300. The van der Waals surface area contributed by atoms with Crippen molar-refractivity contribution >= 4 is 21.9 Å². The quantitative estimate of drug-likeness (QED) is 0.232. The number of nitriles is 1. The Hall–Kier alpha value is -3.76. The molecule has 7 heteroatoms. The molecule has 0 aliphatic carbocycles. The molecule has 2 N–H and O–H groups in total. The summed E-state index contributed by atoms with van der Waals surface area (Å²) in [4.78, 5) is 12.8. The van der Waals surface area contributed by atoms with Crippen molar-refractivity contribution < 1.29 is 19.0 Å². The van der Waals surface area contributed by atoms with Crippen LogP contribution in [0.2, 0.25) is 0 Å². The number of unbranched alkanes of at least 4 members (excludes halogenated alkanes) is 1. The van der Waals surface area contributed by atoms with Gasteiger partial charge in [-0.25, -0.2) is 4.79 Å². The SMILES string of the molecule is CCCCOc1cccc(C(=O)Oc2ccc3c(c2)OC(N)=C(C#N)C3c2ccccc2Br)c1. The molecule has 0 bridgehead atoms. The number of benzene rings is 3. The van der Waals surface area contributed by atoms with Gasteiger partial charge in [0.15, 0.2) is 0 Å². The number of carbonyl (C=O) groups is 1. The fourth-order valence-corrected chi connectivity index (χ4v) is 4.26. The molecule has 1 unspecified atom stereocenters. The van der Waals surface area contributed by atoms with E-state index >= 15 is 0 Å². The highest BCUT2D eigenvalue weighted by atomic mass is 79.9. The standard InChI is InChI=1S/C27H23BrN2O4/c1-2-3-13-32-18-8-6-7-17(14-18)27(31)33-19-11-12-21-24(15-19)34-26(30)22(16-29)25(21)20-9-4-5-10-23(20)28/h4-12,14-15,25H,2-3,13,30H2,1H3. The van der Waals surface area contributed by atoms with Crippen molar-refractivity contribution in [3.63, 3.8) is 0 Å². The van der Waals surface area contributed by atoms with Crippen molar-refractivity contribution in [3.8, 4) is 23.3 Å². The van der Waals surface area contributed by atoms with Gasteiger partial charge in [0.1, 0.15) is 28.9 Å². The third kappa shape index (κ3) is 4.92. The number of nitrogens with zero attached hydrogens (tertiary/aromatic N) is 1. The van der Waals surface area contributed by atoms with Gasteiger partial charge in [0, 0.05) is 16.1 Å². The number of nitrogens with two attached hydrogens (primary N) is 1. The predicted molar refractivity (Wildman–Crippen MR) is 132 cm³/mol. The number of rotatable bonds is 7. The maximum absolute atomic E-state index is 12.8. The van der Waals surface area contributed by atoms with E-state index in [0.717, 1.165) is 28.4 Å². The fourth-order valence-electron chi connectivity index (χ4n) is 3.74. The van der Waals surface area contributed by atoms with Gasteiger partial charge in [0.05, 0.1) is 18.1 Å². The summed E-state index contributed by atoms with van der Waals surface area (Å²) in [6, 6.07) is 21.8. The van der Waals surface area contributed by atoms with Crippen LogP contribution >= 0.6 is 15.9 Å². The smallest absolute Gasteiger partial charge is 0.343 e. The first-order chi connectivity index (χ1) is 16.5. The largest absolute Gasteiger partial charge is 0.494 e. The minimum atomic E-state index is -0.514. The Balaban J connectivity index is 1.60. The second-order valence-electron chi connectivity index (χ2n) is 7.77. The number of hydrogen-bond donors (Lipinski definition) is 1. The zero-order chi connectivity index (χ0) is 24.1. The Morgan fingerprint density at radius 1 is 1.09 bits per heavy atom. The van der Waals surface area contributed by atoms with E-state index in [9.17, 15) is 10.1 Å². The fraction of sp³-hybridized carbons (Fsp3) is 0.185. The highest BCUT2D eigenvalue weighted by Gasteiger charge is 2.32. The predicted octanol–water partition coefficient (Wildman–Crippen LogP) is 6.07. The summed E-state index contributed by atoms with van der Waals surface area (Å²) in [5.74, 6) is 0.455. The van der Waals surface area contributed by atoms with E-state index in [-0.39, 0.29) is 5.88 Å². The van der Waals surface area contributed by atoms with Gasteiger partial charge in [-0.15, -0.1) is 0 Å². The average molecular weight is 519 g/mol. The maximum Gasteiger partial charge on any atom is 0.343 e. The maximum atomic E-state index is 12.8. The van der Waals surface area contributed by atoms with Crippen LogP contribution in [0.15, 0.2) is 82.7 Å². The van der Waals surface area contributed by atoms with Crippen LogP contribution in [-0.2, 0) is 0 Å². The van der Waals surface area contributed by atoms with Gasteiger partial charge in [-0.05, 0) is 42.3 Å². The van der Waals surface area contributed by atoms with Crippen LogP contribution in [0.4, 0.5) is 0 Å². The van der Waals surface area contributed by atoms with Crippen LogP contribution in [0.3, 0.4) is 0 Å². The lowest BCUT2D eigenvalue weighted by atomic mass is 9.83. The number of hydrogen-bond acceptors (Lipinski definition) is 6. The summed E-state index contributed by atoms with van der Waals surface area (Å²) in [5, 5.41) is 9.74. The summed E-state index contributed by atoms with van der Waals surface area (Å²) in [5.41, 5.74) is 8.43. The molecule has 1 heterocycles. The molecule has 0 saturated heterocycles. The Morgan fingerprint density at radius 3 is 2.68 bits per heavy atom. The molecule has 34 heavy (non-hydrogen) atoms. The van der Waals surface area contributed by atoms with Gasteiger partial charge in [0.25, 0.3) is 0 Å². The third-order valence-electron chi connectivity index (χ3n) is 5.45. The van der Waals surface area contributed by atoms with E-state index in [0.29, 0.717) is 35.0 Å². The topological polar surface area (TPSA) is 94.6 Å². The van der Waals surface area contributed by atoms with Crippen molar-refractivity contribution in [2.45, 2.75) is 25.7 Å². The van der Waals surface area contributed by atoms with Gasteiger partial charge in [-0.1, -0.05) is 59.6 Å². The van der Waals surface area contributed by atoms with Gasteiger partial charge in [0.2, 0.25) is 5.88 Å². The van der Waals surface area contributed by atoms with Crippen LogP contribution in [-0.4, -0.2) is 12.6 Å². The lowest BCUT2D eigenvalue weighted by Crippen LogP contribution is -2.21. The van der Waals surface area contributed by atoms with Crippen molar-refractivity contribution in [1.29, 1.82) is 5.26 Å². The summed E-state index contributed by atoms with van der Waals surface area (Å²) >= 11 is 3.57. The Kier molecular flexibility index (Phi) is 7.19. The molecule has 1 atom stereocenters. The normalized spacial score (nSPS) is 14.6. The highest BCUT2D eigenvalue weighted by Crippen LogP contribution is 2.45. The molecule has 3 aromatic carbocycles. The molecular weight excluding hydrogens is 496 g/mol. The Labute approximate surface area is 206 Å². The van der Waals surface area contributed by atoms with E-state index in [4.69, 9.17) is 19.9 Å². The van der Waals surface area contributed by atoms with Gasteiger partial charge < -0.3 is 19.9 Å². The van der Waals surface area contributed by atoms with Crippen LogP contribution < -0.4 is 19.9 Å². The van der Waals surface area contributed by atoms with Crippen molar-refractivity contribution in [2.24, 2.45) is 5.73 Å². The molecule has 4 rings (SSSR count). The van der Waals surface area contributed by atoms with Crippen LogP contribution in [0.25, 0.3) is 0 Å². The molecule has 0 fully saturated rings. The zero-order valence-electron chi connectivity index (χ0n) is 18.6. The molecule has 1 aliphatic heterocycles. The summed E-state index contributed by atoms with van der Waals surface area (Å²) < 4.78 is 17.9. The first-order valence-corrected chi connectivity index (χ1v) is 11.7. The molecule has 0 amide bonds. The zero-order valence-corrected chi connectivity index (χ0v) is 20.2. The molecule has 0 saturated carbocycles. The van der Waals surface area contributed by atoms with Crippen LogP contribution in [0.5, 0.6) is 17.2 Å². The summed E-state index contributed by atoms with van der Waals surface area (Å²) in [6.07, 6.45) is 1.97. The molecule has 172 valence electrons. The number of carbonyl (C=O) groups excluding carboxylic acids is 1. The summed E-state index contributed by atoms with van der Waals surface area (Å²) in [6.45, 7) is 2.68. The number of fused-ring (bicyclic) bond motifs is 1. The van der Waals surface area contributed by atoms with E-state index < -0.39 is 11.9 Å². The number of allylic oxidation sites excluding steroid dienone is 1. The molecule has 1 aliphatic rings. The monoisotopic (exact) mass is 518 g/mol. The lowest BCUT2D eigenvalue weighted by Gasteiger charge is -2.27. The molecule has 6 nitrogen and oxygen atoms in total. The van der Waals surface area contributed by atoms with Crippen molar-refractivity contribution in [1.82, 2.24) is 0 Å². The van der Waals surface area contributed by atoms with E-state index in [1.807, 2.05) is 30.3 Å². The van der Waals surface area contributed by atoms with Crippen molar-refractivity contribution in [2.75, 3.05) is 6.61 Å². The number of esters is 1. The second-order valence-corrected chi connectivity index (χ2v) is 8.62. The average Bonchev–Trinajstić information content (AvgIpc) is 2.84. The van der Waals surface area contributed by atoms with Crippen LogP contribution in [0, 0.1) is 11.3 Å². The second kappa shape index (κ2) is 10.4. The van der Waals surface area contributed by atoms with Gasteiger partial charge in [-0.3, -0.25) is 0 Å². The molecular formula is C27H23BrN2O4. The molecule has 3 aromatic rings. The lowest BCUT2D eigenvalue weighted by molar-refractivity contribution is 0.0734. The summed E-state index contributed by atoms with van der Waals surface area (Å²) in [7, 11) is 0. The highest BCUT2D eigenvalue weighted by molar-refractivity contribution is 9.10. The van der Waals surface area contributed by atoms with E-state index in [2.05, 4.69) is 28.9 Å². The number of ether oxygens (including phenoxy) is 3. The van der Waals surface area contributed by atoms with Gasteiger partial charge in [-0.2, -0.15) is 5.26 Å². The first-order valence-electron chi connectivity index (χ1n) is 10.9. The third-order valence-corrected chi connectivity index (χ3v) is 6.18. The minimum absolute atomic E-state index is 0.0242. The van der Waals surface area contributed by atoms with E-state index in [1.165, 1.54) is 0 Å². The Morgan fingerprint density at radius 2 is 1.91 bits per heavy atom.